The van der Waals surface area contributed by atoms with E-state index in [-0.39, 0.29) is 35.3 Å². The Morgan fingerprint density at radius 2 is 1.90 bits per heavy atom. The first-order chi connectivity index (χ1) is 14.7. The third-order valence-corrected chi connectivity index (χ3v) is 5.62. The van der Waals surface area contributed by atoms with Crippen molar-refractivity contribution >= 4 is 23.2 Å². The quantitative estimate of drug-likeness (QED) is 0.619. The predicted molar refractivity (Wildman–Crippen MR) is 110 cm³/mol. The fourth-order valence-electron chi connectivity index (χ4n) is 3.86. The van der Waals surface area contributed by atoms with Crippen LogP contribution in [0, 0.1) is 6.92 Å². The monoisotopic (exact) mass is 451 g/mol. The molecule has 0 aliphatic carbocycles. The number of fused-ring (bicyclic) bond motifs is 1. The Bertz CT molecular complexity index is 1100. The number of nitrogens with zero attached hydrogens (tertiary/aromatic N) is 2. The molecule has 3 heterocycles. The molecule has 31 heavy (non-hydrogen) atoms. The number of ether oxygens (including phenoxy) is 1. The van der Waals surface area contributed by atoms with Gasteiger partial charge >= 0.3 is 6.18 Å². The molecule has 0 atom stereocenters. The van der Waals surface area contributed by atoms with Gasteiger partial charge in [0.1, 0.15) is 5.65 Å². The van der Waals surface area contributed by atoms with Gasteiger partial charge in [0.15, 0.2) is 5.69 Å². The molecule has 1 fully saturated rings. The van der Waals surface area contributed by atoms with E-state index >= 15 is 0 Å². The number of carbonyl (C=O) groups is 1. The number of alkyl halides is 3. The molecular formula is C22H21ClF3N3O2. The van der Waals surface area contributed by atoms with Crippen molar-refractivity contribution < 1.29 is 22.7 Å². The Morgan fingerprint density at radius 1 is 1.23 bits per heavy atom. The van der Waals surface area contributed by atoms with E-state index in [0.717, 1.165) is 0 Å². The van der Waals surface area contributed by atoms with Crippen LogP contribution in [0.4, 0.5) is 13.2 Å². The molecular weight excluding hydrogens is 431 g/mol. The number of nitrogens with one attached hydrogen (secondary N) is 1. The van der Waals surface area contributed by atoms with Crippen LogP contribution in [0.2, 0.25) is 5.02 Å². The average molecular weight is 452 g/mol. The van der Waals surface area contributed by atoms with Gasteiger partial charge in [-0.2, -0.15) is 13.2 Å². The number of imidazole rings is 1. The average Bonchev–Trinajstić information content (AvgIpc) is 3.10. The lowest BCUT2D eigenvalue weighted by Gasteiger charge is -2.23. The van der Waals surface area contributed by atoms with Crippen molar-refractivity contribution in [3.8, 4) is 0 Å². The second kappa shape index (κ2) is 8.51. The summed E-state index contributed by atoms with van der Waals surface area (Å²) in [4.78, 5) is 16.6. The van der Waals surface area contributed by atoms with E-state index in [1.807, 2.05) is 0 Å². The first-order valence-electron chi connectivity index (χ1n) is 9.94. The van der Waals surface area contributed by atoms with Crippen molar-refractivity contribution in [1.29, 1.82) is 0 Å². The number of rotatable bonds is 4. The van der Waals surface area contributed by atoms with Crippen LogP contribution in [0.5, 0.6) is 0 Å². The fraction of sp³-hybridized carbons (Fsp3) is 0.364. The zero-order chi connectivity index (χ0) is 22.2. The van der Waals surface area contributed by atoms with E-state index in [1.165, 1.54) is 10.5 Å². The van der Waals surface area contributed by atoms with Crippen molar-refractivity contribution in [2.75, 3.05) is 13.2 Å². The molecule has 1 N–H and O–H groups in total. The van der Waals surface area contributed by atoms with Gasteiger partial charge in [0.05, 0.1) is 5.69 Å². The molecule has 1 aliphatic rings. The minimum Gasteiger partial charge on any atom is -0.381 e. The number of hydrogen-bond acceptors (Lipinski definition) is 3. The molecule has 0 bridgehead atoms. The number of pyridine rings is 1. The Kier molecular flexibility index (Phi) is 5.94. The summed E-state index contributed by atoms with van der Waals surface area (Å²) >= 11 is 5.89. The Balaban J connectivity index is 1.72. The summed E-state index contributed by atoms with van der Waals surface area (Å²) in [6.45, 7) is 2.82. The minimum absolute atomic E-state index is 0.0104. The highest BCUT2D eigenvalue weighted by molar-refractivity contribution is 6.30. The number of benzene rings is 1. The zero-order valence-electron chi connectivity index (χ0n) is 16.8. The molecule has 4 rings (SSSR count). The molecule has 0 saturated carbocycles. The SMILES string of the molecule is Cc1cc(C(=O)NC2CCOCC2)cc2nc(C(F)(F)F)c(Cc3ccc(Cl)cc3)n12. The summed E-state index contributed by atoms with van der Waals surface area (Å²) < 4.78 is 48.0. The van der Waals surface area contributed by atoms with Crippen LogP contribution in [0.3, 0.4) is 0 Å². The number of carbonyl (C=O) groups excluding carboxylic acids is 1. The van der Waals surface area contributed by atoms with E-state index in [9.17, 15) is 18.0 Å². The summed E-state index contributed by atoms with van der Waals surface area (Å²) in [6, 6.07) is 9.64. The van der Waals surface area contributed by atoms with Crippen LogP contribution < -0.4 is 5.32 Å². The summed E-state index contributed by atoms with van der Waals surface area (Å²) in [6.07, 6.45) is -3.17. The van der Waals surface area contributed by atoms with Crippen molar-refractivity contribution in [2.45, 2.75) is 38.4 Å². The van der Waals surface area contributed by atoms with Gasteiger partial charge in [0, 0.05) is 42.0 Å². The molecule has 5 nitrogen and oxygen atoms in total. The first-order valence-corrected chi connectivity index (χ1v) is 10.3. The van der Waals surface area contributed by atoms with Crippen LogP contribution in [-0.4, -0.2) is 34.5 Å². The third kappa shape index (κ3) is 4.70. The van der Waals surface area contributed by atoms with Gasteiger partial charge in [-0.25, -0.2) is 4.98 Å². The summed E-state index contributed by atoms with van der Waals surface area (Å²) in [5.41, 5.74) is 0.631. The fourth-order valence-corrected chi connectivity index (χ4v) is 3.99. The predicted octanol–water partition coefficient (Wildman–Crippen LogP) is 4.81. The van der Waals surface area contributed by atoms with Gasteiger partial charge in [0.25, 0.3) is 5.91 Å². The maximum Gasteiger partial charge on any atom is 0.435 e. The number of amides is 1. The van der Waals surface area contributed by atoms with Gasteiger partial charge in [-0.05, 0) is 49.6 Å². The number of hydrogen-bond donors (Lipinski definition) is 1. The van der Waals surface area contributed by atoms with Crippen LogP contribution in [0.1, 0.15) is 45.8 Å². The smallest absolute Gasteiger partial charge is 0.381 e. The lowest BCUT2D eigenvalue weighted by atomic mass is 10.1. The van der Waals surface area contributed by atoms with Gasteiger partial charge in [0.2, 0.25) is 0 Å². The van der Waals surface area contributed by atoms with Crippen molar-refractivity contribution in [1.82, 2.24) is 14.7 Å². The minimum atomic E-state index is -4.62. The van der Waals surface area contributed by atoms with Gasteiger partial charge in [-0.3, -0.25) is 4.79 Å². The molecule has 1 aromatic carbocycles. The van der Waals surface area contributed by atoms with Crippen molar-refractivity contribution in [3.05, 3.63) is 69.6 Å². The van der Waals surface area contributed by atoms with E-state index < -0.39 is 11.9 Å². The summed E-state index contributed by atoms with van der Waals surface area (Å²) in [5, 5.41) is 3.44. The molecule has 1 amide bonds. The van der Waals surface area contributed by atoms with Crippen LogP contribution in [0.15, 0.2) is 36.4 Å². The normalized spacial score (nSPS) is 15.4. The Labute approximate surface area is 182 Å². The van der Waals surface area contributed by atoms with E-state index in [1.54, 1.807) is 37.3 Å². The van der Waals surface area contributed by atoms with E-state index in [0.29, 0.717) is 42.3 Å². The van der Waals surface area contributed by atoms with Crippen LogP contribution >= 0.6 is 11.6 Å². The van der Waals surface area contributed by atoms with E-state index in [4.69, 9.17) is 16.3 Å². The van der Waals surface area contributed by atoms with Crippen LogP contribution in [-0.2, 0) is 17.3 Å². The van der Waals surface area contributed by atoms with Crippen molar-refractivity contribution in [2.24, 2.45) is 0 Å². The molecule has 0 spiro atoms. The standard InChI is InChI=1S/C22H21ClF3N3O2/c1-13-10-15(21(30)27-17-6-8-31-9-7-17)12-19-28-20(22(24,25)26)18(29(13)19)11-14-2-4-16(23)5-3-14/h2-5,10,12,17H,6-9,11H2,1H3,(H,27,30). The highest BCUT2D eigenvalue weighted by Gasteiger charge is 2.38. The van der Waals surface area contributed by atoms with E-state index in [2.05, 4.69) is 10.3 Å². The largest absolute Gasteiger partial charge is 0.435 e. The zero-order valence-corrected chi connectivity index (χ0v) is 17.6. The number of aryl methyl sites for hydroxylation is 1. The molecule has 1 aliphatic heterocycles. The Morgan fingerprint density at radius 3 is 2.55 bits per heavy atom. The van der Waals surface area contributed by atoms with Gasteiger partial charge < -0.3 is 14.5 Å². The first kappa shape index (κ1) is 21.6. The van der Waals surface area contributed by atoms with Gasteiger partial charge in [-0.15, -0.1) is 0 Å². The lowest BCUT2D eigenvalue weighted by molar-refractivity contribution is -0.141. The second-order valence-electron chi connectivity index (χ2n) is 7.65. The molecule has 3 aromatic rings. The maximum absolute atomic E-state index is 13.8. The third-order valence-electron chi connectivity index (χ3n) is 5.37. The topological polar surface area (TPSA) is 55.6 Å². The van der Waals surface area contributed by atoms with Crippen molar-refractivity contribution in [3.63, 3.8) is 0 Å². The maximum atomic E-state index is 13.8. The molecule has 9 heteroatoms. The highest BCUT2D eigenvalue weighted by atomic mass is 35.5. The lowest BCUT2D eigenvalue weighted by Crippen LogP contribution is -2.38. The molecule has 0 radical (unpaired) electrons. The number of halogens is 4. The summed E-state index contributed by atoms with van der Waals surface area (Å²) in [5.74, 6) is -0.326. The van der Waals surface area contributed by atoms with Gasteiger partial charge in [-0.1, -0.05) is 23.7 Å². The molecule has 164 valence electrons. The Hall–Kier alpha value is -2.58. The molecule has 1 saturated heterocycles. The van der Waals surface area contributed by atoms with Crippen LogP contribution in [0.25, 0.3) is 5.65 Å². The molecule has 0 unspecified atom stereocenters. The highest BCUT2D eigenvalue weighted by Crippen LogP contribution is 2.34. The molecule has 2 aromatic heterocycles. The summed E-state index contributed by atoms with van der Waals surface area (Å²) in [7, 11) is 0. The number of aromatic nitrogens is 2. The second-order valence-corrected chi connectivity index (χ2v) is 8.08.